The Morgan fingerprint density at radius 2 is 1.78 bits per heavy atom. The van der Waals surface area contributed by atoms with Gasteiger partial charge < -0.3 is 20.2 Å². The van der Waals surface area contributed by atoms with E-state index >= 15 is 0 Å². The number of hydrogen-bond acceptors (Lipinski definition) is 4. The van der Waals surface area contributed by atoms with Crippen LogP contribution in [0.4, 0.5) is 0 Å². The third-order valence-corrected chi connectivity index (χ3v) is 13.3. The van der Waals surface area contributed by atoms with Crippen LogP contribution in [0.5, 0.6) is 0 Å². The van der Waals surface area contributed by atoms with Gasteiger partial charge in [-0.25, -0.2) is 0 Å². The molecule has 4 saturated carbocycles. The molecule has 5 heteroatoms. The van der Waals surface area contributed by atoms with Gasteiger partial charge in [0.2, 0.25) is 0 Å². The molecule has 0 spiro atoms. The highest BCUT2D eigenvalue weighted by Crippen LogP contribution is 2.69. The molecule has 37 heavy (non-hydrogen) atoms. The van der Waals surface area contributed by atoms with Gasteiger partial charge >= 0.3 is 5.97 Å². The van der Waals surface area contributed by atoms with Crippen molar-refractivity contribution in [3.8, 4) is 0 Å². The van der Waals surface area contributed by atoms with E-state index in [2.05, 4.69) is 32.7 Å². The molecule has 212 valence electrons. The Bertz CT molecular complexity index is 834. The zero-order chi connectivity index (χ0) is 26.6. The SMILES string of the molecule is C[C@H](CCC(=O)O)[C@H]1CC[C@H]2[C@@H]3[C@H](O)C[C@@H]4C[C@@](O)(CCC5CCCCN5C)CC[C@]4(C)[C@H]3CC[C@]12C. The molecule has 0 aromatic carbocycles. The number of carbonyl (C=O) groups is 1. The van der Waals surface area contributed by atoms with Crippen molar-refractivity contribution in [3.63, 3.8) is 0 Å². The van der Waals surface area contributed by atoms with Crippen molar-refractivity contribution in [2.24, 2.45) is 46.3 Å². The van der Waals surface area contributed by atoms with Crippen LogP contribution in [-0.4, -0.2) is 57.5 Å². The van der Waals surface area contributed by atoms with E-state index < -0.39 is 11.6 Å². The van der Waals surface area contributed by atoms with E-state index in [1.54, 1.807) is 0 Å². The fourth-order valence-corrected chi connectivity index (χ4v) is 11.0. The van der Waals surface area contributed by atoms with E-state index in [1.165, 1.54) is 51.5 Å². The van der Waals surface area contributed by atoms with Gasteiger partial charge in [-0.3, -0.25) is 4.79 Å². The molecule has 5 nitrogen and oxygen atoms in total. The smallest absolute Gasteiger partial charge is 0.303 e. The van der Waals surface area contributed by atoms with Crippen LogP contribution < -0.4 is 0 Å². The summed E-state index contributed by atoms with van der Waals surface area (Å²) in [6, 6.07) is 0.622. The van der Waals surface area contributed by atoms with Gasteiger partial charge in [-0.2, -0.15) is 0 Å². The first kappa shape index (κ1) is 27.9. The van der Waals surface area contributed by atoms with Gasteiger partial charge in [0, 0.05) is 12.5 Å². The number of carboxylic acids is 1. The van der Waals surface area contributed by atoms with E-state index in [0.29, 0.717) is 41.5 Å². The maximum Gasteiger partial charge on any atom is 0.303 e. The lowest BCUT2D eigenvalue weighted by Gasteiger charge is -2.63. The van der Waals surface area contributed by atoms with Gasteiger partial charge in [-0.05, 0) is 143 Å². The number of fused-ring (bicyclic) bond motifs is 5. The Hall–Kier alpha value is -0.650. The van der Waals surface area contributed by atoms with E-state index in [0.717, 1.165) is 44.9 Å². The number of hydrogen-bond donors (Lipinski definition) is 3. The van der Waals surface area contributed by atoms with Crippen molar-refractivity contribution in [2.75, 3.05) is 13.6 Å². The third-order valence-electron chi connectivity index (χ3n) is 13.3. The van der Waals surface area contributed by atoms with Crippen LogP contribution in [0.25, 0.3) is 0 Å². The molecule has 0 bridgehead atoms. The minimum atomic E-state index is -0.681. The molecular formula is C32H55NO4. The average Bonchev–Trinajstić information content (AvgIpc) is 3.20. The summed E-state index contributed by atoms with van der Waals surface area (Å²) in [5.74, 6) is 2.23. The number of aliphatic hydroxyl groups excluding tert-OH is 1. The summed E-state index contributed by atoms with van der Waals surface area (Å²) in [5.41, 5.74) is -0.104. The summed E-state index contributed by atoms with van der Waals surface area (Å²) < 4.78 is 0. The molecule has 5 aliphatic rings. The molecule has 0 amide bonds. The van der Waals surface area contributed by atoms with Gasteiger partial charge in [0.25, 0.3) is 0 Å². The van der Waals surface area contributed by atoms with Crippen molar-refractivity contribution < 1.29 is 20.1 Å². The van der Waals surface area contributed by atoms with E-state index in [-0.39, 0.29) is 23.4 Å². The predicted molar refractivity (Wildman–Crippen MR) is 147 cm³/mol. The second-order valence-electron chi connectivity index (χ2n) is 15.0. The van der Waals surface area contributed by atoms with Crippen molar-refractivity contribution in [1.29, 1.82) is 0 Å². The van der Waals surface area contributed by atoms with Crippen LogP contribution in [0.15, 0.2) is 0 Å². The molecule has 1 saturated heterocycles. The van der Waals surface area contributed by atoms with Crippen molar-refractivity contribution in [2.45, 2.75) is 135 Å². The molecule has 0 radical (unpaired) electrons. The maximum absolute atomic E-state index is 11.8. The van der Waals surface area contributed by atoms with E-state index in [1.807, 2.05) is 0 Å². The van der Waals surface area contributed by atoms with Crippen LogP contribution in [0.1, 0.15) is 117 Å². The second-order valence-corrected chi connectivity index (χ2v) is 15.0. The Morgan fingerprint density at radius 1 is 1.03 bits per heavy atom. The maximum atomic E-state index is 11.8. The average molecular weight is 518 g/mol. The molecule has 0 aromatic heterocycles. The Morgan fingerprint density at radius 3 is 2.51 bits per heavy atom. The third kappa shape index (κ3) is 5.04. The summed E-state index contributed by atoms with van der Waals surface area (Å²) in [7, 11) is 2.25. The molecule has 3 N–H and O–H groups in total. The van der Waals surface area contributed by atoms with Crippen molar-refractivity contribution >= 4 is 5.97 Å². The molecular weight excluding hydrogens is 462 g/mol. The minimum absolute atomic E-state index is 0.227. The molecule has 1 heterocycles. The number of nitrogens with zero attached hydrogens (tertiary/aromatic N) is 1. The van der Waals surface area contributed by atoms with E-state index in [4.69, 9.17) is 0 Å². The van der Waals surface area contributed by atoms with Gasteiger partial charge in [0.15, 0.2) is 0 Å². The fraction of sp³-hybridized carbons (Fsp3) is 0.969. The number of carboxylic acid groups (broad SMARTS) is 1. The monoisotopic (exact) mass is 517 g/mol. The predicted octanol–water partition coefficient (Wildman–Crippen LogP) is 6.11. The van der Waals surface area contributed by atoms with Gasteiger partial charge in [-0.15, -0.1) is 0 Å². The van der Waals surface area contributed by atoms with Crippen LogP contribution >= 0.6 is 0 Å². The second kappa shape index (κ2) is 10.4. The molecule has 1 unspecified atom stereocenters. The lowest BCUT2D eigenvalue weighted by molar-refractivity contribution is -0.190. The number of rotatable bonds is 7. The number of aliphatic hydroxyl groups is 2. The zero-order valence-electron chi connectivity index (χ0n) is 24.1. The summed E-state index contributed by atoms with van der Waals surface area (Å²) in [4.78, 5) is 13.7. The van der Waals surface area contributed by atoms with Crippen molar-refractivity contribution in [1.82, 2.24) is 4.90 Å². The first-order valence-corrected chi connectivity index (χ1v) is 15.8. The molecule has 5 rings (SSSR count). The highest BCUT2D eigenvalue weighted by Gasteiger charge is 2.63. The highest BCUT2D eigenvalue weighted by atomic mass is 16.4. The lowest BCUT2D eigenvalue weighted by Crippen LogP contribution is -2.60. The largest absolute Gasteiger partial charge is 0.481 e. The van der Waals surface area contributed by atoms with Gasteiger partial charge in [0.05, 0.1) is 11.7 Å². The molecule has 4 aliphatic carbocycles. The first-order chi connectivity index (χ1) is 17.5. The van der Waals surface area contributed by atoms with Gasteiger partial charge in [0.1, 0.15) is 0 Å². The van der Waals surface area contributed by atoms with Crippen LogP contribution in [0.3, 0.4) is 0 Å². The quantitative estimate of drug-likeness (QED) is 0.379. The van der Waals surface area contributed by atoms with Crippen LogP contribution in [0.2, 0.25) is 0 Å². The molecule has 1 aliphatic heterocycles. The lowest BCUT2D eigenvalue weighted by atomic mass is 9.43. The molecule has 5 fully saturated rings. The topological polar surface area (TPSA) is 81.0 Å². The van der Waals surface area contributed by atoms with Crippen LogP contribution in [-0.2, 0) is 4.79 Å². The Balaban J connectivity index is 1.27. The highest BCUT2D eigenvalue weighted by molar-refractivity contribution is 5.66. The summed E-state index contributed by atoms with van der Waals surface area (Å²) >= 11 is 0. The summed E-state index contributed by atoms with van der Waals surface area (Å²) in [5, 5.41) is 32.7. The standard InChI is InChI=1S/C32H55NO4/c1-21(8-11-28(35)36)24-9-10-25-29-26(13-14-31(24,25)3)30(2)16-17-32(37,20-22(30)19-27(29)34)15-12-23-7-5-6-18-33(23)4/h21-27,29,34,37H,5-20H2,1-4H3,(H,35,36)/t21-,22-,23?,24-,25+,26+,27-,29+,30+,31-,32-/m1/s1. The van der Waals surface area contributed by atoms with Crippen molar-refractivity contribution in [3.05, 3.63) is 0 Å². The first-order valence-electron chi connectivity index (χ1n) is 15.8. The van der Waals surface area contributed by atoms with E-state index in [9.17, 15) is 20.1 Å². The number of likely N-dealkylation sites (tertiary alicyclic amines) is 1. The van der Waals surface area contributed by atoms with Crippen LogP contribution in [0, 0.1) is 46.3 Å². The Kier molecular flexibility index (Phi) is 7.84. The summed E-state index contributed by atoms with van der Waals surface area (Å²) in [6.07, 6.45) is 15.2. The number of piperidine rings is 1. The fourth-order valence-electron chi connectivity index (χ4n) is 11.0. The normalized spacial score (nSPS) is 49.1. The van der Waals surface area contributed by atoms with Gasteiger partial charge in [-0.1, -0.05) is 27.2 Å². The molecule has 0 aromatic rings. The Labute approximate surface area is 225 Å². The molecule has 11 atom stereocenters. The zero-order valence-corrected chi connectivity index (χ0v) is 24.1. The summed E-state index contributed by atoms with van der Waals surface area (Å²) in [6.45, 7) is 8.46. The number of aliphatic carboxylic acids is 1. The minimum Gasteiger partial charge on any atom is -0.481 e.